The number of likely N-dealkylation sites (tertiary alicyclic amines) is 1. The molecule has 1 N–H and O–H groups in total. The minimum absolute atomic E-state index is 0.979. The Hall–Kier alpha value is -0.0800. The van der Waals surface area contributed by atoms with Crippen LogP contribution in [0.5, 0.6) is 0 Å². The van der Waals surface area contributed by atoms with E-state index in [0.717, 1.165) is 11.8 Å². The number of nitrogens with zero attached hydrogens (tertiary/aromatic N) is 1. The highest BCUT2D eigenvalue weighted by Crippen LogP contribution is 2.22. The van der Waals surface area contributed by atoms with Gasteiger partial charge in [-0.1, -0.05) is 27.2 Å². The molecule has 2 aliphatic heterocycles. The van der Waals surface area contributed by atoms with Crippen LogP contribution in [0.4, 0.5) is 0 Å². The molecule has 0 aromatic rings. The zero-order valence-electron chi connectivity index (χ0n) is 11.5. The molecule has 2 heterocycles. The second-order valence-corrected chi connectivity index (χ2v) is 5.02. The monoisotopic (exact) mass is 226 g/mol. The van der Waals surface area contributed by atoms with Crippen molar-refractivity contribution < 1.29 is 0 Å². The van der Waals surface area contributed by atoms with Crippen molar-refractivity contribution in [3.05, 3.63) is 0 Å². The molecule has 2 fully saturated rings. The van der Waals surface area contributed by atoms with Crippen LogP contribution in [-0.2, 0) is 0 Å². The van der Waals surface area contributed by atoms with Crippen LogP contribution in [0.3, 0.4) is 0 Å². The van der Waals surface area contributed by atoms with Gasteiger partial charge in [-0.25, -0.2) is 0 Å². The Morgan fingerprint density at radius 2 is 1.75 bits per heavy atom. The van der Waals surface area contributed by atoms with Gasteiger partial charge in [0.2, 0.25) is 0 Å². The fraction of sp³-hybridized carbons (Fsp3) is 1.00. The topological polar surface area (TPSA) is 15.3 Å². The first-order chi connectivity index (χ1) is 7.88. The van der Waals surface area contributed by atoms with E-state index in [1.807, 2.05) is 13.8 Å². The van der Waals surface area contributed by atoms with Crippen LogP contribution in [0.1, 0.15) is 46.5 Å². The Morgan fingerprint density at radius 1 is 1.06 bits per heavy atom. The summed E-state index contributed by atoms with van der Waals surface area (Å²) < 4.78 is 0. The number of piperidine rings is 1. The van der Waals surface area contributed by atoms with Gasteiger partial charge in [0, 0.05) is 13.1 Å². The van der Waals surface area contributed by atoms with Crippen LogP contribution in [0.2, 0.25) is 0 Å². The van der Waals surface area contributed by atoms with Gasteiger partial charge in [-0.2, -0.15) is 0 Å². The summed E-state index contributed by atoms with van der Waals surface area (Å²) in [5.41, 5.74) is 0. The van der Waals surface area contributed by atoms with E-state index in [4.69, 9.17) is 0 Å². The van der Waals surface area contributed by atoms with Gasteiger partial charge in [-0.15, -0.1) is 0 Å². The molecular formula is C14H30N2. The lowest BCUT2D eigenvalue weighted by Crippen LogP contribution is -2.35. The molecule has 2 rings (SSSR count). The van der Waals surface area contributed by atoms with Crippen molar-refractivity contribution in [2.24, 2.45) is 11.8 Å². The maximum atomic E-state index is 3.44. The Morgan fingerprint density at radius 3 is 2.31 bits per heavy atom. The number of hydrogen-bond acceptors (Lipinski definition) is 2. The van der Waals surface area contributed by atoms with Gasteiger partial charge in [-0.3, -0.25) is 0 Å². The van der Waals surface area contributed by atoms with Gasteiger partial charge in [-0.05, 0) is 50.7 Å². The summed E-state index contributed by atoms with van der Waals surface area (Å²) in [4.78, 5) is 2.70. The SMILES string of the molecule is CC.CCC1CCN(CC2CCNCC2)C1. The van der Waals surface area contributed by atoms with Crippen molar-refractivity contribution in [2.75, 3.05) is 32.7 Å². The number of hydrogen-bond donors (Lipinski definition) is 1. The predicted octanol–water partition coefficient (Wildman–Crippen LogP) is 2.74. The Labute approximate surface area is 102 Å². The van der Waals surface area contributed by atoms with E-state index in [1.54, 1.807) is 0 Å². The van der Waals surface area contributed by atoms with E-state index in [-0.39, 0.29) is 0 Å². The molecule has 0 spiro atoms. The Kier molecular flexibility index (Phi) is 7.06. The Bertz CT molecular complexity index is 164. The van der Waals surface area contributed by atoms with Crippen LogP contribution in [0.25, 0.3) is 0 Å². The van der Waals surface area contributed by atoms with Crippen LogP contribution in [-0.4, -0.2) is 37.6 Å². The van der Waals surface area contributed by atoms with Crippen molar-refractivity contribution in [3.63, 3.8) is 0 Å². The lowest BCUT2D eigenvalue weighted by Gasteiger charge is -2.27. The zero-order chi connectivity index (χ0) is 11.8. The highest BCUT2D eigenvalue weighted by Gasteiger charge is 2.23. The minimum atomic E-state index is 0.979. The summed E-state index contributed by atoms with van der Waals surface area (Å²) in [5, 5.41) is 3.44. The van der Waals surface area contributed by atoms with Crippen molar-refractivity contribution in [3.8, 4) is 0 Å². The maximum absolute atomic E-state index is 3.44. The van der Waals surface area contributed by atoms with E-state index in [0.29, 0.717) is 0 Å². The van der Waals surface area contributed by atoms with E-state index in [1.165, 1.54) is 58.4 Å². The second kappa shape index (κ2) is 8.08. The lowest BCUT2D eigenvalue weighted by atomic mass is 9.98. The van der Waals surface area contributed by atoms with Gasteiger partial charge < -0.3 is 10.2 Å². The highest BCUT2D eigenvalue weighted by molar-refractivity contribution is 4.78. The molecule has 0 aromatic heterocycles. The van der Waals surface area contributed by atoms with Crippen LogP contribution in [0.15, 0.2) is 0 Å². The molecule has 0 aromatic carbocycles. The van der Waals surface area contributed by atoms with Gasteiger partial charge in [0.05, 0.1) is 0 Å². The molecular weight excluding hydrogens is 196 g/mol. The molecule has 2 nitrogen and oxygen atoms in total. The van der Waals surface area contributed by atoms with E-state index in [2.05, 4.69) is 17.1 Å². The average molecular weight is 226 g/mol. The predicted molar refractivity (Wildman–Crippen MR) is 71.8 cm³/mol. The molecule has 1 unspecified atom stereocenters. The molecule has 0 saturated carbocycles. The first-order valence-electron chi connectivity index (χ1n) is 7.31. The summed E-state index contributed by atoms with van der Waals surface area (Å²) >= 11 is 0. The van der Waals surface area contributed by atoms with Crippen LogP contribution in [0, 0.1) is 11.8 Å². The van der Waals surface area contributed by atoms with Gasteiger partial charge >= 0.3 is 0 Å². The number of rotatable bonds is 3. The van der Waals surface area contributed by atoms with E-state index >= 15 is 0 Å². The molecule has 0 amide bonds. The Balaban J connectivity index is 0.000000606. The summed E-state index contributed by atoms with van der Waals surface area (Å²) in [6.07, 6.45) is 5.62. The van der Waals surface area contributed by atoms with E-state index in [9.17, 15) is 0 Å². The van der Waals surface area contributed by atoms with E-state index < -0.39 is 0 Å². The fourth-order valence-corrected chi connectivity index (χ4v) is 2.84. The quantitative estimate of drug-likeness (QED) is 0.796. The summed E-state index contributed by atoms with van der Waals surface area (Å²) in [7, 11) is 0. The molecule has 0 bridgehead atoms. The highest BCUT2D eigenvalue weighted by atomic mass is 15.1. The third-order valence-corrected chi connectivity index (χ3v) is 3.92. The second-order valence-electron chi connectivity index (χ2n) is 5.02. The van der Waals surface area contributed by atoms with Crippen molar-refractivity contribution in [1.82, 2.24) is 10.2 Å². The summed E-state index contributed by atoms with van der Waals surface area (Å²) in [5.74, 6) is 1.98. The normalized spacial score (nSPS) is 27.6. The lowest BCUT2D eigenvalue weighted by molar-refractivity contribution is 0.234. The van der Waals surface area contributed by atoms with Crippen LogP contribution < -0.4 is 5.32 Å². The van der Waals surface area contributed by atoms with Crippen molar-refractivity contribution >= 4 is 0 Å². The molecule has 0 aliphatic carbocycles. The first kappa shape index (κ1) is 14.0. The van der Waals surface area contributed by atoms with Crippen LogP contribution >= 0.6 is 0 Å². The molecule has 16 heavy (non-hydrogen) atoms. The average Bonchev–Trinajstić information content (AvgIpc) is 2.81. The standard InChI is InChI=1S/C12H24N2.C2H6/c1-2-11-5-8-14(9-11)10-12-3-6-13-7-4-12;1-2/h11-13H,2-10H2,1H3;1-2H3. The fourth-order valence-electron chi connectivity index (χ4n) is 2.84. The number of nitrogens with one attached hydrogen (secondary N) is 1. The largest absolute Gasteiger partial charge is 0.317 e. The third-order valence-electron chi connectivity index (χ3n) is 3.92. The van der Waals surface area contributed by atoms with Crippen molar-refractivity contribution in [2.45, 2.75) is 46.5 Å². The smallest absolute Gasteiger partial charge is 0.00107 e. The molecule has 2 heteroatoms. The molecule has 2 saturated heterocycles. The molecule has 0 radical (unpaired) electrons. The molecule has 1 atom stereocenters. The zero-order valence-corrected chi connectivity index (χ0v) is 11.5. The first-order valence-corrected chi connectivity index (χ1v) is 7.31. The van der Waals surface area contributed by atoms with Gasteiger partial charge in [0.15, 0.2) is 0 Å². The van der Waals surface area contributed by atoms with Gasteiger partial charge in [0.1, 0.15) is 0 Å². The maximum Gasteiger partial charge on any atom is 0.00107 e. The molecule has 96 valence electrons. The third kappa shape index (κ3) is 4.42. The minimum Gasteiger partial charge on any atom is -0.317 e. The van der Waals surface area contributed by atoms with Gasteiger partial charge in [0.25, 0.3) is 0 Å². The van der Waals surface area contributed by atoms with Crippen molar-refractivity contribution in [1.29, 1.82) is 0 Å². The summed E-state index contributed by atoms with van der Waals surface area (Å²) in [6, 6.07) is 0. The summed E-state index contributed by atoms with van der Waals surface area (Å²) in [6.45, 7) is 12.9. The molecule has 2 aliphatic rings.